The van der Waals surface area contributed by atoms with Crippen LogP contribution >= 0.6 is 0 Å². The molecule has 1 aromatic rings. The standard InChI is InChI=1S/C13H15NO3/c1-17-13(16)8-3-2-7-12(15)10-11-6-4-5-9-14-11/h4-6,9,12,15H,2,7,10H2,1H3. The zero-order valence-electron chi connectivity index (χ0n) is 9.72. The van der Waals surface area contributed by atoms with E-state index in [1.54, 1.807) is 6.20 Å². The van der Waals surface area contributed by atoms with Crippen molar-refractivity contribution >= 4 is 5.97 Å². The molecule has 4 nitrogen and oxygen atoms in total. The monoisotopic (exact) mass is 233 g/mol. The minimum Gasteiger partial charge on any atom is -0.459 e. The summed E-state index contributed by atoms with van der Waals surface area (Å²) in [5.74, 6) is 4.41. The number of aliphatic hydroxyl groups is 1. The van der Waals surface area contributed by atoms with Crippen LogP contribution in [-0.4, -0.2) is 29.3 Å². The van der Waals surface area contributed by atoms with Gasteiger partial charge in [0.25, 0.3) is 0 Å². The average Bonchev–Trinajstić information content (AvgIpc) is 2.35. The van der Waals surface area contributed by atoms with Crippen LogP contribution in [0.15, 0.2) is 24.4 Å². The third-order valence-electron chi connectivity index (χ3n) is 2.15. The van der Waals surface area contributed by atoms with E-state index < -0.39 is 12.1 Å². The summed E-state index contributed by atoms with van der Waals surface area (Å²) in [6.07, 6.45) is 2.68. The number of hydrogen-bond donors (Lipinski definition) is 1. The topological polar surface area (TPSA) is 59.4 Å². The van der Waals surface area contributed by atoms with Gasteiger partial charge in [-0.1, -0.05) is 12.0 Å². The Morgan fingerprint density at radius 3 is 3.06 bits per heavy atom. The fourth-order valence-corrected chi connectivity index (χ4v) is 1.29. The van der Waals surface area contributed by atoms with Gasteiger partial charge in [0.1, 0.15) is 0 Å². The molecule has 0 aliphatic heterocycles. The molecule has 1 heterocycles. The highest BCUT2D eigenvalue weighted by atomic mass is 16.5. The van der Waals surface area contributed by atoms with Crippen LogP contribution in [0.5, 0.6) is 0 Å². The second-order valence-corrected chi connectivity index (χ2v) is 3.51. The number of carbonyl (C=O) groups is 1. The third kappa shape index (κ3) is 5.69. The number of pyridine rings is 1. The maximum Gasteiger partial charge on any atom is 0.384 e. The normalized spacial score (nSPS) is 11.2. The molecule has 0 fully saturated rings. The van der Waals surface area contributed by atoms with Gasteiger partial charge in [-0.05, 0) is 18.6 Å². The number of rotatable bonds is 4. The molecule has 1 aromatic heterocycles. The van der Waals surface area contributed by atoms with Crippen molar-refractivity contribution < 1.29 is 14.6 Å². The molecule has 0 bridgehead atoms. The van der Waals surface area contributed by atoms with E-state index in [4.69, 9.17) is 0 Å². The molecule has 0 amide bonds. The first-order chi connectivity index (χ1) is 8.22. The van der Waals surface area contributed by atoms with Crippen LogP contribution in [0.1, 0.15) is 18.5 Å². The highest BCUT2D eigenvalue weighted by Gasteiger charge is 2.04. The fraction of sp³-hybridized carbons (Fsp3) is 0.385. The van der Waals surface area contributed by atoms with Gasteiger partial charge in [-0.15, -0.1) is 0 Å². The van der Waals surface area contributed by atoms with Crippen LogP contribution in [0.2, 0.25) is 0 Å². The van der Waals surface area contributed by atoms with Gasteiger partial charge in [0, 0.05) is 30.7 Å². The minimum atomic E-state index is -0.552. The summed E-state index contributed by atoms with van der Waals surface area (Å²) in [5, 5.41) is 9.70. The second kappa shape index (κ2) is 7.42. The van der Waals surface area contributed by atoms with Crippen molar-refractivity contribution in [1.29, 1.82) is 0 Å². The average molecular weight is 233 g/mol. The molecule has 1 atom stereocenters. The Kier molecular flexibility index (Phi) is 5.76. The Bertz CT molecular complexity index is 406. The molecular formula is C13H15NO3. The van der Waals surface area contributed by atoms with Crippen molar-refractivity contribution in [2.24, 2.45) is 0 Å². The number of aliphatic hydroxyl groups excluding tert-OH is 1. The molecule has 17 heavy (non-hydrogen) atoms. The van der Waals surface area contributed by atoms with E-state index in [0.29, 0.717) is 19.3 Å². The number of carbonyl (C=O) groups excluding carboxylic acids is 1. The molecule has 1 unspecified atom stereocenters. The zero-order chi connectivity index (χ0) is 12.5. The van der Waals surface area contributed by atoms with Crippen LogP contribution in [0.3, 0.4) is 0 Å². The SMILES string of the molecule is COC(=O)C#CCCC(O)Cc1ccccn1. The van der Waals surface area contributed by atoms with Crippen molar-refractivity contribution in [2.75, 3.05) is 7.11 Å². The molecule has 0 radical (unpaired) electrons. The van der Waals surface area contributed by atoms with Crippen LogP contribution in [0.4, 0.5) is 0 Å². The van der Waals surface area contributed by atoms with Crippen molar-refractivity contribution in [3.63, 3.8) is 0 Å². The van der Waals surface area contributed by atoms with Gasteiger partial charge in [0.15, 0.2) is 0 Å². The van der Waals surface area contributed by atoms with Gasteiger partial charge in [-0.25, -0.2) is 4.79 Å². The lowest BCUT2D eigenvalue weighted by molar-refractivity contribution is -0.133. The van der Waals surface area contributed by atoms with E-state index >= 15 is 0 Å². The molecule has 0 saturated heterocycles. The Morgan fingerprint density at radius 1 is 1.59 bits per heavy atom. The highest BCUT2D eigenvalue weighted by molar-refractivity contribution is 5.88. The van der Waals surface area contributed by atoms with Gasteiger partial charge in [-0.2, -0.15) is 0 Å². The first kappa shape index (κ1) is 13.2. The van der Waals surface area contributed by atoms with Gasteiger partial charge in [-0.3, -0.25) is 4.98 Å². The lowest BCUT2D eigenvalue weighted by Crippen LogP contribution is -2.10. The molecule has 1 N–H and O–H groups in total. The van der Waals surface area contributed by atoms with E-state index in [9.17, 15) is 9.90 Å². The fourth-order valence-electron chi connectivity index (χ4n) is 1.29. The van der Waals surface area contributed by atoms with Crippen molar-refractivity contribution in [3.05, 3.63) is 30.1 Å². The summed E-state index contributed by atoms with van der Waals surface area (Å²) in [4.78, 5) is 14.8. The summed E-state index contributed by atoms with van der Waals surface area (Å²) in [7, 11) is 1.28. The van der Waals surface area contributed by atoms with Crippen LogP contribution in [0, 0.1) is 11.8 Å². The van der Waals surface area contributed by atoms with Gasteiger partial charge < -0.3 is 9.84 Å². The summed E-state index contributed by atoms with van der Waals surface area (Å²) in [6.45, 7) is 0. The largest absolute Gasteiger partial charge is 0.459 e. The molecule has 4 heteroatoms. The molecule has 0 aliphatic rings. The molecule has 1 rings (SSSR count). The van der Waals surface area contributed by atoms with Crippen LogP contribution in [-0.2, 0) is 16.0 Å². The molecule has 90 valence electrons. The molecule has 0 saturated carbocycles. The minimum absolute atomic E-state index is 0.461. The van der Waals surface area contributed by atoms with Crippen molar-refractivity contribution in [2.45, 2.75) is 25.4 Å². The molecule has 0 aromatic carbocycles. The maximum absolute atomic E-state index is 10.7. The van der Waals surface area contributed by atoms with Gasteiger partial charge >= 0.3 is 5.97 Å². The number of ether oxygens (including phenoxy) is 1. The Morgan fingerprint density at radius 2 is 2.41 bits per heavy atom. The maximum atomic E-state index is 10.7. The Balaban J connectivity index is 2.28. The second-order valence-electron chi connectivity index (χ2n) is 3.51. The van der Waals surface area contributed by atoms with Crippen LogP contribution < -0.4 is 0 Å². The lowest BCUT2D eigenvalue weighted by atomic mass is 10.1. The van der Waals surface area contributed by atoms with E-state index in [2.05, 4.69) is 21.6 Å². The predicted molar refractivity (Wildman–Crippen MR) is 63.0 cm³/mol. The quantitative estimate of drug-likeness (QED) is 0.477. The van der Waals surface area contributed by atoms with Crippen LogP contribution in [0.25, 0.3) is 0 Å². The van der Waals surface area contributed by atoms with Gasteiger partial charge in [0.05, 0.1) is 13.2 Å². The first-order valence-electron chi connectivity index (χ1n) is 5.37. The first-order valence-corrected chi connectivity index (χ1v) is 5.37. The predicted octanol–water partition coefficient (Wildman–Crippen LogP) is 0.942. The summed E-state index contributed by atoms with van der Waals surface area (Å²) in [5.41, 5.74) is 0.848. The Hall–Kier alpha value is -1.86. The number of esters is 1. The number of hydrogen-bond acceptors (Lipinski definition) is 4. The Labute approximate surface area is 101 Å². The van der Waals surface area contributed by atoms with Gasteiger partial charge in [0.2, 0.25) is 0 Å². The number of nitrogens with zero attached hydrogens (tertiary/aromatic N) is 1. The van der Waals surface area contributed by atoms with E-state index in [-0.39, 0.29) is 0 Å². The van der Waals surface area contributed by atoms with E-state index in [1.165, 1.54) is 7.11 Å². The lowest BCUT2D eigenvalue weighted by Gasteiger charge is -2.07. The molecule has 0 spiro atoms. The molecule has 0 aliphatic carbocycles. The van der Waals surface area contributed by atoms with E-state index in [1.807, 2.05) is 18.2 Å². The van der Waals surface area contributed by atoms with Crippen molar-refractivity contribution in [1.82, 2.24) is 4.98 Å². The summed E-state index contributed by atoms with van der Waals surface area (Å²) < 4.78 is 4.37. The zero-order valence-corrected chi connectivity index (χ0v) is 9.72. The van der Waals surface area contributed by atoms with Crippen molar-refractivity contribution in [3.8, 4) is 11.8 Å². The van der Waals surface area contributed by atoms with E-state index in [0.717, 1.165) is 5.69 Å². The summed E-state index contributed by atoms with van der Waals surface area (Å²) in [6, 6.07) is 5.58. The number of methoxy groups -OCH3 is 1. The third-order valence-corrected chi connectivity index (χ3v) is 2.15. The number of aromatic nitrogens is 1. The summed E-state index contributed by atoms with van der Waals surface area (Å²) >= 11 is 0. The highest BCUT2D eigenvalue weighted by Crippen LogP contribution is 2.04. The molecular weight excluding hydrogens is 218 g/mol. The smallest absolute Gasteiger partial charge is 0.384 e.